The van der Waals surface area contributed by atoms with Gasteiger partial charge < -0.3 is 5.11 Å². The van der Waals surface area contributed by atoms with Crippen LogP contribution in [0.4, 0.5) is 8.78 Å². The molecule has 1 aliphatic carbocycles. The molecule has 0 saturated heterocycles. The highest BCUT2D eigenvalue weighted by Crippen LogP contribution is 2.45. The second-order valence-corrected chi connectivity index (χ2v) is 4.62. The molecule has 0 aromatic carbocycles. The summed E-state index contributed by atoms with van der Waals surface area (Å²) >= 11 is 2.23. The fourth-order valence-electron chi connectivity index (χ4n) is 1.72. The van der Waals surface area contributed by atoms with Crippen LogP contribution in [0.1, 0.15) is 32.6 Å². The van der Waals surface area contributed by atoms with Gasteiger partial charge in [0.25, 0.3) is 0 Å². The predicted octanol–water partition coefficient (Wildman–Crippen LogP) is 2.92. The van der Waals surface area contributed by atoms with E-state index in [-0.39, 0.29) is 5.92 Å². The van der Waals surface area contributed by atoms with Gasteiger partial charge in [0.1, 0.15) is 5.60 Å². The fourth-order valence-corrected chi connectivity index (χ4v) is 2.04. The van der Waals surface area contributed by atoms with Gasteiger partial charge >= 0.3 is 4.83 Å². The lowest BCUT2D eigenvalue weighted by Gasteiger charge is -2.33. The Labute approximate surface area is 79.3 Å². The summed E-state index contributed by atoms with van der Waals surface area (Å²) in [6.07, 6.45) is 3.30. The second-order valence-electron chi connectivity index (χ2n) is 3.63. The first kappa shape index (κ1) is 10.4. The van der Waals surface area contributed by atoms with E-state index in [9.17, 15) is 13.9 Å². The van der Waals surface area contributed by atoms with E-state index in [1.807, 2.05) is 0 Å². The van der Waals surface area contributed by atoms with Gasteiger partial charge in [-0.05, 0) is 41.6 Å². The van der Waals surface area contributed by atoms with Crippen molar-refractivity contribution in [3.05, 3.63) is 0 Å². The van der Waals surface area contributed by atoms with Crippen LogP contribution in [0.25, 0.3) is 0 Å². The third-order valence-corrected chi connectivity index (χ3v) is 3.53. The van der Waals surface area contributed by atoms with Crippen LogP contribution in [0.3, 0.4) is 0 Å². The molecule has 1 nitrogen and oxygen atoms in total. The van der Waals surface area contributed by atoms with E-state index < -0.39 is 10.4 Å². The van der Waals surface area contributed by atoms with Crippen molar-refractivity contribution >= 4 is 15.9 Å². The Hall–Kier alpha value is 0.300. The van der Waals surface area contributed by atoms with Crippen molar-refractivity contribution in [1.82, 2.24) is 0 Å². The zero-order valence-electron chi connectivity index (χ0n) is 6.99. The van der Waals surface area contributed by atoms with Crippen LogP contribution >= 0.6 is 15.9 Å². The van der Waals surface area contributed by atoms with Crippen LogP contribution in [0, 0.1) is 5.92 Å². The molecular weight excluding hydrogens is 230 g/mol. The molecule has 1 aliphatic rings. The summed E-state index contributed by atoms with van der Waals surface area (Å²) in [4.78, 5) is -3.17. The second kappa shape index (κ2) is 3.22. The predicted molar refractivity (Wildman–Crippen MR) is 46.5 cm³/mol. The van der Waals surface area contributed by atoms with Crippen molar-refractivity contribution in [2.24, 2.45) is 5.92 Å². The molecule has 0 aliphatic heterocycles. The molecule has 1 saturated carbocycles. The third-order valence-electron chi connectivity index (χ3n) is 2.72. The Bertz CT molecular complexity index is 159. The van der Waals surface area contributed by atoms with E-state index >= 15 is 0 Å². The van der Waals surface area contributed by atoms with E-state index in [1.54, 1.807) is 0 Å². The van der Waals surface area contributed by atoms with Crippen LogP contribution < -0.4 is 0 Å². The van der Waals surface area contributed by atoms with Gasteiger partial charge in [0.15, 0.2) is 0 Å². The molecule has 0 heterocycles. The number of hydrogen-bond acceptors (Lipinski definition) is 1. The maximum Gasteiger partial charge on any atom is 0.329 e. The van der Waals surface area contributed by atoms with Gasteiger partial charge in [-0.1, -0.05) is 12.8 Å². The number of rotatable bonds is 2. The van der Waals surface area contributed by atoms with Gasteiger partial charge in [-0.3, -0.25) is 0 Å². The summed E-state index contributed by atoms with van der Waals surface area (Å²) < 4.78 is 25.6. The number of hydrogen-bond donors (Lipinski definition) is 1. The lowest BCUT2D eigenvalue weighted by atomic mass is 9.88. The van der Waals surface area contributed by atoms with Crippen LogP contribution in [0.5, 0.6) is 0 Å². The highest BCUT2D eigenvalue weighted by Gasteiger charge is 2.52. The molecule has 72 valence electrons. The summed E-state index contributed by atoms with van der Waals surface area (Å²) in [6.45, 7) is 1.21. The SMILES string of the molecule is CC(O)(C1CCCC1)C(F)(F)Br. The van der Waals surface area contributed by atoms with Gasteiger partial charge in [0.2, 0.25) is 0 Å². The molecular formula is C8H13BrF2O. The molecule has 4 heteroatoms. The standard InChI is InChI=1S/C8H13BrF2O/c1-7(12,8(9,10)11)6-4-2-3-5-6/h6,12H,2-5H2,1H3. The van der Waals surface area contributed by atoms with Crippen molar-refractivity contribution < 1.29 is 13.9 Å². The zero-order chi connectivity index (χ0) is 9.41. The molecule has 1 rings (SSSR count). The largest absolute Gasteiger partial charge is 0.383 e. The number of alkyl halides is 3. The minimum Gasteiger partial charge on any atom is -0.383 e. The van der Waals surface area contributed by atoms with Crippen molar-refractivity contribution in [3.8, 4) is 0 Å². The highest BCUT2D eigenvalue weighted by atomic mass is 79.9. The van der Waals surface area contributed by atoms with Crippen LogP contribution in [0.2, 0.25) is 0 Å². The average Bonchev–Trinajstić information content (AvgIpc) is 2.34. The molecule has 1 unspecified atom stereocenters. The van der Waals surface area contributed by atoms with Crippen LogP contribution in [-0.2, 0) is 0 Å². The van der Waals surface area contributed by atoms with Crippen LogP contribution in [0.15, 0.2) is 0 Å². The molecule has 12 heavy (non-hydrogen) atoms. The first-order valence-corrected chi connectivity index (χ1v) is 4.94. The Morgan fingerprint density at radius 3 is 2.08 bits per heavy atom. The molecule has 1 atom stereocenters. The van der Waals surface area contributed by atoms with Gasteiger partial charge in [-0.25, -0.2) is 0 Å². The number of aliphatic hydroxyl groups is 1. The molecule has 1 fully saturated rings. The lowest BCUT2D eigenvalue weighted by molar-refractivity contribution is -0.136. The summed E-state index contributed by atoms with van der Waals surface area (Å²) in [7, 11) is 0. The quantitative estimate of drug-likeness (QED) is 0.739. The lowest BCUT2D eigenvalue weighted by Crippen LogP contribution is -2.46. The fraction of sp³-hybridized carbons (Fsp3) is 1.00. The zero-order valence-corrected chi connectivity index (χ0v) is 8.57. The minimum atomic E-state index is -3.17. The smallest absolute Gasteiger partial charge is 0.329 e. The van der Waals surface area contributed by atoms with Gasteiger partial charge in [-0.2, -0.15) is 8.78 Å². The Morgan fingerprint density at radius 2 is 1.75 bits per heavy atom. The summed E-state index contributed by atoms with van der Waals surface area (Å²) in [6, 6.07) is 0. The molecule has 0 bridgehead atoms. The van der Waals surface area contributed by atoms with Gasteiger partial charge in [0, 0.05) is 0 Å². The number of halogens is 3. The van der Waals surface area contributed by atoms with Gasteiger partial charge in [-0.15, -0.1) is 0 Å². The average molecular weight is 243 g/mol. The monoisotopic (exact) mass is 242 g/mol. The molecule has 0 aromatic rings. The molecule has 0 spiro atoms. The van der Waals surface area contributed by atoms with E-state index in [0.29, 0.717) is 12.8 Å². The first-order chi connectivity index (χ1) is 5.36. The molecule has 0 radical (unpaired) electrons. The van der Waals surface area contributed by atoms with Crippen molar-refractivity contribution in [1.29, 1.82) is 0 Å². The maximum atomic E-state index is 12.8. The van der Waals surface area contributed by atoms with Crippen molar-refractivity contribution in [2.45, 2.75) is 43.0 Å². The van der Waals surface area contributed by atoms with E-state index in [2.05, 4.69) is 15.9 Å². The topological polar surface area (TPSA) is 20.2 Å². The van der Waals surface area contributed by atoms with E-state index in [4.69, 9.17) is 0 Å². The summed E-state index contributed by atoms with van der Waals surface area (Å²) in [5, 5.41) is 9.55. The minimum absolute atomic E-state index is 0.271. The summed E-state index contributed by atoms with van der Waals surface area (Å²) in [5.74, 6) is -0.271. The van der Waals surface area contributed by atoms with Crippen LogP contribution in [-0.4, -0.2) is 15.5 Å². The Kier molecular flexibility index (Phi) is 2.78. The van der Waals surface area contributed by atoms with E-state index in [0.717, 1.165) is 12.8 Å². The summed E-state index contributed by atoms with van der Waals surface area (Å²) in [5.41, 5.74) is -1.90. The maximum absolute atomic E-state index is 12.8. The van der Waals surface area contributed by atoms with E-state index in [1.165, 1.54) is 6.92 Å². The first-order valence-electron chi connectivity index (χ1n) is 4.15. The molecule has 0 aromatic heterocycles. The van der Waals surface area contributed by atoms with Gasteiger partial charge in [0.05, 0.1) is 0 Å². The normalized spacial score (nSPS) is 25.8. The Balaban J connectivity index is 2.69. The highest BCUT2D eigenvalue weighted by molar-refractivity contribution is 9.10. The molecule has 1 N–H and O–H groups in total. The molecule has 0 amide bonds. The third kappa shape index (κ3) is 1.79. The van der Waals surface area contributed by atoms with Crippen molar-refractivity contribution in [3.63, 3.8) is 0 Å². The Morgan fingerprint density at radius 1 is 1.33 bits per heavy atom. The van der Waals surface area contributed by atoms with Crippen molar-refractivity contribution in [2.75, 3.05) is 0 Å².